The van der Waals surface area contributed by atoms with Crippen molar-refractivity contribution in [2.75, 3.05) is 39.3 Å². The zero-order valence-corrected chi connectivity index (χ0v) is 17.3. The van der Waals surface area contributed by atoms with Crippen molar-refractivity contribution < 1.29 is 14.3 Å². The summed E-state index contributed by atoms with van der Waals surface area (Å²) in [6.07, 6.45) is 3.76. The Bertz CT molecular complexity index is 803. The number of benzene rings is 2. The summed E-state index contributed by atoms with van der Waals surface area (Å²) in [4.78, 5) is 17.3. The number of hydrogen-bond donors (Lipinski definition) is 0. The normalized spacial score (nSPS) is 13.9. The van der Waals surface area contributed by atoms with Gasteiger partial charge in [-0.05, 0) is 49.9 Å². The van der Waals surface area contributed by atoms with Crippen LogP contribution in [-0.4, -0.2) is 45.2 Å². The minimum Gasteiger partial charge on any atom is -0.496 e. The van der Waals surface area contributed by atoms with Crippen LogP contribution in [0.25, 0.3) is 0 Å². The average molecular weight is 383 g/mol. The molecule has 150 valence electrons. The molecule has 0 atom stereocenters. The number of amides is 1. The van der Waals surface area contributed by atoms with Crippen LogP contribution < -0.4 is 14.4 Å². The zero-order valence-electron chi connectivity index (χ0n) is 17.3. The standard InChI is InChI=1S/C23H30N2O3/c1-17-21(27-3)14-19(15-22(17)28-4)23(26)24(2)16-18-10-6-7-11-20(18)25-12-8-5-9-13-25/h6-7,10-11,14-15H,5,8-9,12-13,16H2,1-4H3. The van der Waals surface area contributed by atoms with E-state index in [1.54, 1.807) is 31.3 Å². The molecule has 0 N–H and O–H groups in total. The summed E-state index contributed by atoms with van der Waals surface area (Å²) in [6.45, 7) is 4.65. The first-order valence-electron chi connectivity index (χ1n) is 9.86. The third-order valence-corrected chi connectivity index (χ3v) is 5.44. The summed E-state index contributed by atoms with van der Waals surface area (Å²) in [5.74, 6) is 1.26. The summed E-state index contributed by atoms with van der Waals surface area (Å²) in [5.41, 5.74) is 3.86. The molecule has 0 saturated carbocycles. The van der Waals surface area contributed by atoms with Crippen LogP contribution in [-0.2, 0) is 6.54 Å². The highest BCUT2D eigenvalue weighted by Gasteiger charge is 2.20. The van der Waals surface area contributed by atoms with Gasteiger partial charge in [-0.3, -0.25) is 4.79 Å². The van der Waals surface area contributed by atoms with E-state index >= 15 is 0 Å². The molecule has 2 aromatic carbocycles. The van der Waals surface area contributed by atoms with Gasteiger partial charge < -0.3 is 19.3 Å². The highest BCUT2D eigenvalue weighted by Crippen LogP contribution is 2.30. The molecule has 5 heteroatoms. The number of nitrogens with zero attached hydrogens (tertiary/aromatic N) is 2. The van der Waals surface area contributed by atoms with Gasteiger partial charge in [-0.25, -0.2) is 0 Å². The van der Waals surface area contributed by atoms with Crippen molar-refractivity contribution in [2.45, 2.75) is 32.7 Å². The Morgan fingerprint density at radius 2 is 1.64 bits per heavy atom. The third kappa shape index (κ3) is 4.24. The number of piperidine rings is 1. The minimum atomic E-state index is -0.0509. The van der Waals surface area contributed by atoms with Gasteiger partial charge in [-0.2, -0.15) is 0 Å². The minimum absolute atomic E-state index is 0.0509. The number of methoxy groups -OCH3 is 2. The molecular weight excluding hydrogens is 352 g/mol. The Hall–Kier alpha value is -2.69. The molecule has 1 aliphatic rings. The number of carbonyl (C=O) groups is 1. The average Bonchev–Trinajstić information content (AvgIpc) is 2.74. The molecule has 0 aliphatic carbocycles. The number of carbonyl (C=O) groups excluding carboxylic acids is 1. The Morgan fingerprint density at radius 3 is 2.25 bits per heavy atom. The van der Waals surface area contributed by atoms with Gasteiger partial charge in [0, 0.05) is 43.5 Å². The fourth-order valence-electron chi connectivity index (χ4n) is 3.85. The predicted molar refractivity (Wildman–Crippen MR) is 113 cm³/mol. The Balaban J connectivity index is 1.82. The quantitative estimate of drug-likeness (QED) is 0.748. The van der Waals surface area contributed by atoms with Crippen molar-refractivity contribution in [1.82, 2.24) is 4.90 Å². The van der Waals surface area contributed by atoms with E-state index in [0.29, 0.717) is 23.6 Å². The van der Waals surface area contributed by atoms with Crippen LogP contribution in [0.4, 0.5) is 5.69 Å². The van der Waals surface area contributed by atoms with E-state index in [-0.39, 0.29) is 5.91 Å². The first-order valence-corrected chi connectivity index (χ1v) is 9.86. The van der Waals surface area contributed by atoms with Crippen molar-refractivity contribution in [3.05, 3.63) is 53.1 Å². The number of para-hydroxylation sites is 1. The highest BCUT2D eigenvalue weighted by atomic mass is 16.5. The molecule has 2 aromatic rings. The second-order valence-electron chi connectivity index (χ2n) is 7.34. The Labute approximate surface area is 167 Å². The number of anilines is 1. The van der Waals surface area contributed by atoms with E-state index in [9.17, 15) is 4.79 Å². The van der Waals surface area contributed by atoms with Crippen molar-refractivity contribution in [1.29, 1.82) is 0 Å². The van der Waals surface area contributed by atoms with Crippen LogP contribution >= 0.6 is 0 Å². The topological polar surface area (TPSA) is 42.0 Å². The molecule has 1 saturated heterocycles. The monoisotopic (exact) mass is 382 g/mol. The summed E-state index contributed by atoms with van der Waals surface area (Å²) in [6, 6.07) is 12.0. The van der Waals surface area contributed by atoms with Crippen molar-refractivity contribution in [3.63, 3.8) is 0 Å². The van der Waals surface area contributed by atoms with Crippen molar-refractivity contribution >= 4 is 11.6 Å². The summed E-state index contributed by atoms with van der Waals surface area (Å²) in [5, 5.41) is 0. The lowest BCUT2D eigenvalue weighted by atomic mass is 10.1. The molecule has 0 spiro atoms. The van der Waals surface area contributed by atoms with Crippen LogP contribution in [0, 0.1) is 6.92 Å². The van der Waals surface area contributed by atoms with Gasteiger partial charge in [-0.1, -0.05) is 18.2 Å². The van der Waals surface area contributed by atoms with Gasteiger partial charge in [0.25, 0.3) is 5.91 Å². The first-order chi connectivity index (χ1) is 13.5. The molecule has 1 fully saturated rings. The molecule has 5 nitrogen and oxygen atoms in total. The predicted octanol–water partition coefficient (Wildman–Crippen LogP) is 4.27. The molecule has 1 aliphatic heterocycles. The molecule has 3 rings (SSSR count). The maximum Gasteiger partial charge on any atom is 0.254 e. The van der Waals surface area contributed by atoms with E-state index in [4.69, 9.17) is 9.47 Å². The maximum absolute atomic E-state index is 13.1. The molecule has 1 amide bonds. The van der Waals surface area contributed by atoms with Crippen LogP contribution in [0.15, 0.2) is 36.4 Å². The fraction of sp³-hybridized carbons (Fsp3) is 0.435. The number of ether oxygens (including phenoxy) is 2. The molecule has 28 heavy (non-hydrogen) atoms. The van der Waals surface area contributed by atoms with Gasteiger partial charge in [0.15, 0.2) is 0 Å². The Kier molecular flexibility index (Phi) is 6.45. The third-order valence-electron chi connectivity index (χ3n) is 5.44. The summed E-state index contributed by atoms with van der Waals surface area (Å²) in [7, 11) is 5.05. The van der Waals surface area contributed by atoms with Crippen LogP contribution in [0.1, 0.15) is 40.7 Å². The fourth-order valence-corrected chi connectivity index (χ4v) is 3.85. The summed E-state index contributed by atoms with van der Waals surface area (Å²) >= 11 is 0. The van der Waals surface area contributed by atoms with Crippen molar-refractivity contribution in [2.24, 2.45) is 0 Å². The molecule has 1 heterocycles. The number of rotatable bonds is 6. The van der Waals surface area contributed by atoms with Crippen LogP contribution in [0.3, 0.4) is 0 Å². The van der Waals surface area contributed by atoms with Crippen LogP contribution in [0.2, 0.25) is 0 Å². The maximum atomic E-state index is 13.1. The van der Waals surface area contributed by atoms with E-state index in [1.165, 1.54) is 30.5 Å². The van der Waals surface area contributed by atoms with E-state index in [0.717, 1.165) is 18.7 Å². The molecular formula is C23H30N2O3. The lowest BCUT2D eigenvalue weighted by Gasteiger charge is -2.31. The summed E-state index contributed by atoms with van der Waals surface area (Å²) < 4.78 is 10.8. The highest BCUT2D eigenvalue weighted by molar-refractivity contribution is 5.95. The van der Waals surface area contributed by atoms with Gasteiger partial charge in [0.1, 0.15) is 11.5 Å². The second-order valence-corrected chi connectivity index (χ2v) is 7.34. The first kappa shape index (κ1) is 20.1. The lowest BCUT2D eigenvalue weighted by Crippen LogP contribution is -2.32. The van der Waals surface area contributed by atoms with Gasteiger partial charge in [0.2, 0.25) is 0 Å². The van der Waals surface area contributed by atoms with Gasteiger partial charge in [-0.15, -0.1) is 0 Å². The Morgan fingerprint density at radius 1 is 1.04 bits per heavy atom. The smallest absolute Gasteiger partial charge is 0.254 e. The molecule has 0 unspecified atom stereocenters. The van der Waals surface area contributed by atoms with E-state index in [2.05, 4.69) is 23.1 Å². The van der Waals surface area contributed by atoms with E-state index in [1.807, 2.05) is 20.0 Å². The number of hydrogen-bond acceptors (Lipinski definition) is 4. The zero-order chi connectivity index (χ0) is 20.1. The lowest BCUT2D eigenvalue weighted by molar-refractivity contribution is 0.0784. The largest absolute Gasteiger partial charge is 0.496 e. The molecule has 0 radical (unpaired) electrons. The molecule has 0 bridgehead atoms. The molecule has 0 aromatic heterocycles. The van der Waals surface area contributed by atoms with Gasteiger partial charge in [0.05, 0.1) is 14.2 Å². The van der Waals surface area contributed by atoms with Crippen LogP contribution in [0.5, 0.6) is 11.5 Å². The van der Waals surface area contributed by atoms with Gasteiger partial charge >= 0.3 is 0 Å². The SMILES string of the molecule is COc1cc(C(=O)N(C)Cc2ccccc2N2CCCCC2)cc(OC)c1C. The van der Waals surface area contributed by atoms with Crippen molar-refractivity contribution in [3.8, 4) is 11.5 Å². The van der Waals surface area contributed by atoms with E-state index < -0.39 is 0 Å². The second kappa shape index (κ2) is 9.00.